The van der Waals surface area contributed by atoms with E-state index in [1.807, 2.05) is 31.2 Å². The van der Waals surface area contributed by atoms with E-state index in [1.165, 1.54) is 10.6 Å². The maximum atomic E-state index is 12.3. The van der Waals surface area contributed by atoms with Crippen molar-refractivity contribution in [2.45, 2.75) is 26.2 Å². The van der Waals surface area contributed by atoms with Gasteiger partial charge in [-0.1, -0.05) is 18.2 Å². The third-order valence-corrected chi connectivity index (χ3v) is 5.47. The number of ether oxygens (including phenoxy) is 1. The van der Waals surface area contributed by atoms with E-state index in [-0.39, 0.29) is 5.91 Å². The van der Waals surface area contributed by atoms with Crippen LogP contribution in [0.5, 0.6) is 5.75 Å². The number of aryl methyl sites for hydroxylation is 1. The quantitative estimate of drug-likeness (QED) is 0.729. The van der Waals surface area contributed by atoms with Gasteiger partial charge in [0.15, 0.2) is 0 Å². The number of sulfonamides is 1. The van der Waals surface area contributed by atoms with Gasteiger partial charge in [0, 0.05) is 32.6 Å². The zero-order valence-corrected chi connectivity index (χ0v) is 15.2. The maximum absolute atomic E-state index is 12.3. The van der Waals surface area contributed by atoms with E-state index in [4.69, 9.17) is 4.74 Å². The van der Waals surface area contributed by atoms with Gasteiger partial charge in [0.05, 0.1) is 12.9 Å². The SMILES string of the molecule is Cc1ccccc1OCCCC(=O)N1CCCN(S(C)(=O)=O)CC1. The number of benzene rings is 1. The molecule has 24 heavy (non-hydrogen) atoms. The van der Waals surface area contributed by atoms with E-state index >= 15 is 0 Å². The molecule has 1 aromatic carbocycles. The molecule has 1 aliphatic rings. The molecule has 0 aliphatic carbocycles. The van der Waals surface area contributed by atoms with Crippen LogP contribution in [0.4, 0.5) is 0 Å². The Bertz CT molecular complexity index is 660. The third-order valence-electron chi connectivity index (χ3n) is 4.16. The van der Waals surface area contributed by atoms with Crippen molar-refractivity contribution >= 4 is 15.9 Å². The van der Waals surface area contributed by atoms with Crippen LogP contribution >= 0.6 is 0 Å². The minimum absolute atomic E-state index is 0.0683. The molecule has 0 bridgehead atoms. The second-order valence-corrected chi connectivity index (χ2v) is 8.10. The average Bonchev–Trinajstić information content (AvgIpc) is 2.79. The lowest BCUT2D eigenvalue weighted by molar-refractivity contribution is -0.131. The highest BCUT2D eigenvalue weighted by molar-refractivity contribution is 7.88. The number of rotatable bonds is 6. The molecule has 0 radical (unpaired) electrons. The van der Waals surface area contributed by atoms with Crippen molar-refractivity contribution in [1.29, 1.82) is 0 Å². The zero-order chi connectivity index (χ0) is 17.6. The molecule has 1 fully saturated rings. The van der Waals surface area contributed by atoms with Gasteiger partial charge < -0.3 is 9.64 Å². The van der Waals surface area contributed by atoms with Crippen LogP contribution in [-0.2, 0) is 14.8 Å². The Kier molecular flexibility index (Phi) is 6.62. The minimum atomic E-state index is -3.18. The van der Waals surface area contributed by atoms with Crippen LogP contribution in [0.15, 0.2) is 24.3 Å². The minimum Gasteiger partial charge on any atom is -0.493 e. The summed E-state index contributed by atoms with van der Waals surface area (Å²) in [5.41, 5.74) is 1.08. The van der Waals surface area contributed by atoms with Gasteiger partial charge in [-0.15, -0.1) is 0 Å². The molecular formula is C17H26N2O4S. The second kappa shape index (κ2) is 8.48. The van der Waals surface area contributed by atoms with Gasteiger partial charge in [-0.25, -0.2) is 12.7 Å². The van der Waals surface area contributed by atoms with E-state index < -0.39 is 10.0 Å². The predicted octanol–water partition coefficient (Wildman–Crippen LogP) is 1.65. The van der Waals surface area contributed by atoms with E-state index in [0.717, 1.165) is 11.3 Å². The molecule has 0 spiro atoms. The molecule has 0 N–H and O–H groups in total. The number of carbonyl (C=O) groups excluding carboxylic acids is 1. The lowest BCUT2D eigenvalue weighted by atomic mass is 10.2. The summed E-state index contributed by atoms with van der Waals surface area (Å²) in [6, 6.07) is 7.81. The molecule has 0 unspecified atom stereocenters. The third kappa shape index (κ3) is 5.49. The fraction of sp³-hybridized carbons (Fsp3) is 0.588. The monoisotopic (exact) mass is 354 g/mol. The Labute approximate surface area is 144 Å². The number of para-hydroxylation sites is 1. The van der Waals surface area contributed by atoms with Gasteiger partial charge in [-0.05, 0) is 31.4 Å². The van der Waals surface area contributed by atoms with Crippen molar-refractivity contribution in [2.24, 2.45) is 0 Å². The molecule has 0 atom stereocenters. The second-order valence-electron chi connectivity index (χ2n) is 6.11. The van der Waals surface area contributed by atoms with Crippen LogP contribution in [0.3, 0.4) is 0 Å². The summed E-state index contributed by atoms with van der Waals surface area (Å²) in [6.07, 6.45) is 2.97. The Morgan fingerprint density at radius 1 is 1.17 bits per heavy atom. The molecule has 1 amide bonds. The van der Waals surface area contributed by atoms with Crippen LogP contribution in [0.2, 0.25) is 0 Å². The normalized spacial score (nSPS) is 16.7. The molecule has 6 nitrogen and oxygen atoms in total. The van der Waals surface area contributed by atoms with Gasteiger partial charge in [0.25, 0.3) is 0 Å². The molecule has 0 saturated carbocycles. The molecule has 7 heteroatoms. The van der Waals surface area contributed by atoms with Crippen molar-refractivity contribution in [2.75, 3.05) is 39.0 Å². The van der Waals surface area contributed by atoms with Crippen molar-refractivity contribution in [3.63, 3.8) is 0 Å². The zero-order valence-electron chi connectivity index (χ0n) is 14.4. The van der Waals surface area contributed by atoms with Crippen molar-refractivity contribution in [1.82, 2.24) is 9.21 Å². The van der Waals surface area contributed by atoms with Crippen molar-refractivity contribution < 1.29 is 17.9 Å². The molecule has 1 heterocycles. The van der Waals surface area contributed by atoms with Gasteiger partial charge in [0.1, 0.15) is 5.75 Å². The Balaban J connectivity index is 1.74. The summed E-state index contributed by atoms with van der Waals surface area (Å²) < 4.78 is 30.3. The summed E-state index contributed by atoms with van der Waals surface area (Å²) in [4.78, 5) is 14.1. The molecule has 1 aromatic rings. The summed E-state index contributed by atoms with van der Waals surface area (Å²) in [6.45, 7) is 4.43. The summed E-state index contributed by atoms with van der Waals surface area (Å²) >= 11 is 0. The van der Waals surface area contributed by atoms with Crippen molar-refractivity contribution in [3.8, 4) is 5.75 Å². The van der Waals surface area contributed by atoms with Crippen molar-refractivity contribution in [3.05, 3.63) is 29.8 Å². The van der Waals surface area contributed by atoms with E-state index in [2.05, 4.69) is 0 Å². The van der Waals surface area contributed by atoms with Gasteiger partial charge in [0.2, 0.25) is 15.9 Å². The topological polar surface area (TPSA) is 66.9 Å². The highest BCUT2D eigenvalue weighted by atomic mass is 32.2. The van der Waals surface area contributed by atoms with Crippen LogP contribution in [-0.4, -0.2) is 62.6 Å². The van der Waals surface area contributed by atoms with E-state index in [1.54, 1.807) is 4.90 Å². The lowest BCUT2D eigenvalue weighted by Crippen LogP contribution is -2.36. The standard InChI is InChI=1S/C17H26N2O4S/c1-15-7-3-4-8-16(15)23-14-5-9-17(20)18-10-6-11-19(13-12-18)24(2,21)22/h3-4,7-8H,5-6,9-14H2,1-2H3. The summed E-state index contributed by atoms with van der Waals surface area (Å²) in [5, 5.41) is 0. The molecule has 1 aliphatic heterocycles. The van der Waals surface area contributed by atoms with E-state index in [0.29, 0.717) is 52.0 Å². The smallest absolute Gasteiger partial charge is 0.222 e. The summed E-state index contributed by atoms with van der Waals surface area (Å²) in [5.74, 6) is 0.919. The lowest BCUT2D eigenvalue weighted by Gasteiger charge is -2.21. The van der Waals surface area contributed by atoms with E-state index in [9.17, 15) is 13.2 Å². The number of hydrogen-bond donors (Lipinski definition) is 0. The predicted molar refractivity (Wildman–Crippen MR) is 93.5 cm³/mol. The molecule has 134 valence electrons. The fourth-order valence-electron chi connectivity index (χ4n) is 2.76. The average molecular weight is 354 g/mol. The summed E-state index contributed by atoms with van der Waals surface area (Å²) in [7, 11) is -3.18. The molecule has 1 saturated heterocycles. The maximum Gasteiger partial charge on any atom is 0.222 e. The molecule has 0 aromatic heterocycles. The van der Waals surface area contributed by atoms with Crippen LogP contribution in [0.25, 0.3) is 0 Å². The number of amides is 1. The first kappa shape index (κ1) is 18.7. The molecular weight excluding hydrogens is 328 g/mol. The van der Waals surface area contributed by atoms with Crippen LogP contribution in [0.1, 0.15) is 24.8 Å². The number of carbonyl (C=O) groups is 1. The van der Waals surface area contributed by atoms with Gasteiger partial charge in [-0.2, -0.15) is 0 Å². The highest BCUT2D eigenvalue weighted by Gasteiger charge is 2.23. The Morgan fingerprint density at radius 2 is 1.92 bits per heavy atom. The first-order valence-corrected chi connectivity index (χ1v) is 10.1. The van der Waals surface area contributed by atoms with Gasteiger partial charge >= 0.3 is 0 Å². The molecule has 2 rings (SSSR count). The number of hydrogen-bond acceptors (Lipinski definition) is 4. The first-order chi connectivity index (χ1) is 11.4. The van der Waals surface area contributed by atoms with Crippen LogP contribution in [0, 0.1) is 6.92 Å². The fourth-order valence-corrected chi connectivity index (χ4v) is 3.63. The largest absolute Gasteiger partial charge is 0.493 e. The number of nitrogens with zero attached hydrogens (tertiary/aromatic N) is 2. The Morgan fingerprint density at radius 3 is 2.62 bits per heavy atom. The van der Waals surface area contributed by atoms with Crippen LogP contribution < -0.4 is 4.74 Å². The highest BCUT2D eigenvalue weighted by Crippen LogP contribution is 2.16. The first-order valence-electron chi connectivity index (χ1n) is 8.29. The Hall–Kier alpha value is -1.60. The van der Waals surface area contributed by atoms with Gasteiger partial charge in [-0.3, -0.25) is 4.79 Å².